The van der Waals surface area contributed by atoms with Gasteiger partial charge in [0.25, 0.3) is 5.56 Å². The third-order valence-electron chi connectivity index (χ3n) is 4.79. The van der Waals surface area contributed by atoms with Crippen LogP contribution in [0.2, 0.25) is 5.28 Å². The first-order chi connectivity index (χ1) is 13.0. The predicted molar refractivity (Wildman–Crippen MR) is 103 cm³/mol. The van der Waals surface area contributed by atoms with E-state index in [4.69, 9.17) is 16.3 Å². The van der Waals surface area contributed by atoms with Crippen molar-refractivity contribution in [2.75, 3.05) is 11.9 Å². The second-order valence-electron chi connectivity index (χ2n) is 6.78. The van der Waals surface area contributed by atoms with Gasteiger partial charge in [-0.1, -0.05) is 0 Å². The molecule has 2 N–H and O–H groups in total. The highest BCUT2D eigenvalue weighted by Gasteiger charge is 2.21. The third-order valence-corrected chi connectivity index (χ3v) is 4.96. The number of halogens is 1. The molecule has 142 valence electrons. The maximum atomic E-state index is 12.2. The summed E-state index contributed by atoms with van der Waals surface area (Å²) in [6.07, 6.45) is 4.69. The van der Waals surface area contributed by atoms with Crippen LogP contribution in [0.4, 0.5) is 5.82 Å². The average Bonchev–Trinajstić information content (AvgIpc) is 3.05. The molecular weight excluding hydrogens is 368 g/mol. The number of hydrogen-bond acceptors (Lipinski definition) is 6. The molecule has 1 unspecified atom stereocenters. The minimum atomic E-state index is -0.113. The molecule has 1 atom stereocenters. The van der Waals surface area contributed by atoms with Crippen LogP contribution in [0.15, 0.2) is 17.2 Å². The lowest BCUT2D eigenvalue weighted by atomic mass is 10.1. The smallest absolute Gasteiger partial charge is 0.253 e. The zero-order chi connectivity index (χ0) is 19.0. The van der Waals surface area contributed by atoms with Crippen molar-refractivity contribution in [1.29, 1.82) is 0 Å². The summed E-state index contributed by atoms with van der Waals surface area (Å²) in [5.41, 5.74) is 3.52. The Labute approximate surface area is 161 Å². The minimum Gasteiger partial charge on any atom is -0.364 e. The van der Waals surface area contributed by atoms with E-state index in [9.17, 15) is 4.79 Å². The maximum absolute atomic E-state index is 12.2. The van der Waals surface area contributed by atoms with Gasteiger partial charge in [-0.2, -0.15) is 9.97 Å². The van der Waals surface area contributed by atoms with Crippen molar-refractivity contribution in [3.63, 3.8) is 0 Å². The fourth-order valence-electron chi connectivity index (χ4n) is 3.44. The van der Waals surface area contributed by atoms with Gasteiger partial charge in [-0.25, -0.2) is 4.98 Å². The first kappa shape index (κ1) is 17.9. The van der Waals surface area contributed by atoms with E-state index in [1.165, 1.54) is 0 Å². The molecule has 4 rings (SSSR count). The molecule has 0 saturated carbocycles. The summed E-state index contributed by atoms with van der Waals surface area (Å²) in [5.74, 6) is 0.499. The van der Waals surface area contributed by atoms with Gasteiger partial charge < -0.3 is 15.0 Å². The van der Waals surface area contributed by atoms with Crippen LogP contribution in [0.25, 0.3) is 11.2 Å². The molecule has 0 aliphatic carbocycles. The number of aromatic amines is 1. The summed E-state index contributed by atoms with van der Waals surface area (Å²) in [4.78, 5) is 28.1. The number of aryl methyl sites for hydroxylation is 2. The van der Waals surface area contributed by atoms with Crippen molar-refractivity contribution in [3.8, 4) is 0 Å². The van der Waals surface area contributed by atoms with Crippen LogP contribution in [0.1, 0.15) is 42.3 Å². The lowest BCUT2D eigenvalue weighted by molar-refractivity contribution is -0.0298. The van der Waals surface area contributed by atoms with Gasteiger partial charge >= 0.3 is 0 Å². The predicted octanol–water partition coefficient (Wildman–Crippen LogP) is 3.10. The Morgan fingerprint density at radius 3 is 2.96 bits per heavy atom. The van der Waals surface area contributed by atoms with Gasteiger partial charge in [-0.15, -0.1) is 0 Å². The van der Waals surface area contributed by atoms with Crippen molar-refractivity contribution in [2.45, 2.75) is 45.9 Å². The normalized spacial score (nSPS) is 17.4. The van der Waals surface area contributed by atoms with E-state index < -0.39 is 0 Å². The van der Waals surface area contributed by atoms with Gasteiger partial charge in [-0.3, -0.25) is 9.36 Å². The number of fused-ring (bicyclic) bond motifs is 1. The molecule has 1 fully saturated rings. The van der Waals surface area contributed by atoms with Gasteiger partial charge in [0.1, 0.15) is 6.23 Å². The van der Waals surface area contributed by atoms with E-state index >= 15 is 0 Å². The van der Waals surface area contributed by atoms with Crippen LogP contribution in [0, 0.1) is 13.8 Å². The van der Waals surface area contributed by atoms with E-state index in [0.29, 0.717) is 29.1 Å². The molecule has 8 nitrogen and oxygen atoms in total. The number of hydrogen-bond donors (Lipinski definition) is 2. The molecule has 1 saturated heterocycles. The number of pyridine rings is 1. The number of rotatable bonds is 4. The SMILES string of the molecule is Cc1cc(C)c(CNc2nc(Cl)nc3c2ncn3C2CCCCO2)c(=O)[nH]1. The fourth-order valence-corrected chi connectivity index (χ4v) is 3.61. The first-order valence-electron chi connectivity index (χ1n) is 8.98. The third kappa shape index (κ3) is 3.54. The summed E-state index contributed by atoms with van der Waals surface area (Å²) in [6, 6.07) is 1.94. The van der Waals surface area contributed by atoms with E-state index in [-0.39, 0.29) is 17.1 Å². The Morgan fingerprint density at radius 1 is 1.37 bits per heavy atom. The standard InChI is InChI=1S/C18H21ClN6O2/c1-10-7-11(2)22-17(26)12(10)8-20-15-14-16(24-18(19)23-15)25(9-21-14)13-5-3-4-6-27-13/h7,9,13H,3-6,8H2,1-2H3,(H,22,26)(H,20,23,24). The van der Waals surface area contributed by atoms with Crippen LogP contribution in [-0.2, 0) is 11.3 Å². The van der Waals surface area contributed by atoms with Crippen molar-refractivity contribution >= 4 is 28.6 Å². The number of anilines is 1. The lowest BCUT2D eigenvalue weighted by Gasteiger charge is -2.23. The summed E-state index contributed by atoms with van der Waals surface area (Å²) in [6.45, 7) is 4.82. The number of H-pyrrole nitrogens is 1. The number of nitrogens with one attached hydrogen (secondary N) is 2. The largest absolute Gasteiger partial charge is 0.364 e. The van der Waals surface area contributed by atoms with E-state index in [2.05, 4.69) is 25.3 Å². The van der Waals surface area contributed by atoms with E-state index in [1.807, 2.05) is 24.5 Å². The highest BCUT2D eigenvalue weighted by molar-refractivity contribution is 6.28. The quantitative estimate of drug-likeness (QED) is 0.666. The van der Waals surface area contributed by atoms with Crippen LogP contribution < -0.4 is 10.9 Å². The van der Waals surface area contributed by atoms with Crippen molar-refractivity contribution in [1.82, 2.24) is 24.5 Å². The molecule has 0 aromatic carbocycles. The Kier molecular flexibility index (Phi) is 4.84. The van der Waals surface area contributed by atoms with Crippen molar-refractivity contribution in [2.24, 2.45) is 0 Å². The molecule has 0 amide bonds. The number of ether oxygens (including phenoxy) is 1. The van der Waals surface area contributed by atoms with Crippen LogP contribution in [0.3, 0.4) is 0 Å². The van der Waals surface area contributed by atoms with Gasteiger partial charge in [0.15, 0.2) is 17.0 Å². The van der Waals surface area contributed by atoms with Gasteiger partial charge in [0.2, 0.25) is 5.28 Å². The molecule has 3 aromatic heterocycles. The maximum Gasteiger partial charge on any atom is 0.253 e. The van der Waals surface area contributed by atoms with Crippen LogP contribution >= 0.6 is 11.6 Å². The topological polar surface area (TPSA) is 97.7 Å². The summed E-state index contributed by atoms with van der Waals surface area (Å²) < 4.78 is 7.74. The molecule has 0 spiro atoms. The Morgan fingerprint density at radius 2 is 2.22 bits per heavy atom. The molecule has 1 aliphatic rings. The molecule has 0 radical (unpaired) electrons. The molecule has 27 heavy (non-hydrogen) atoms. The lowest BCUT2D eigenvalue weighted by Crippen LogP contribution is -2.19. The van der Waals surface area contributed by atoms with Crippen LogP contribution in [0.5, 0.6) is 0 Å². The Hall–Kier alpha value is -2.45. The van der Waals surface area contributed by atoms with Gasteiger partial charge in [0.05, 0.1) is 6.33 Å². The zero-order valence-corrected chi connectivity index (χ0v) is 16.0. The average molecular weight is 389 g/mol. The molecule has 4 heterocycles. The molecule has 0 bridgehead atoms. The highest BCUT2D eigenvalue weighted by Crippen LogP contribution is 2.28. The Balaban J connectivity index is 1.66. The summed E-state index contributed by atoms with van der Waals surface area (Å²) in [7, 11) is 0. The number of imidazole rings is 1. The number of nitrogens with zero attached hydrogens (tertiary/aromatic N) is 4. The molecule has 9 heteroatoms. The fraction of sp³-hybridized carbons (Fsp3) is 0.444. The first-order valence-corrected chi connectivity index (χ1v) is 9.35. The summed E-state index contributed by atoms with van der Waals surface area (Å²) >= 11 is 6.14. The second-order valence-corrected chi connectivity index (χ2v) is 7.12. The van der Waals surface area contributed by atoms with Crippen LogP contribution in [-0.4, -0.2) is 31.1 Å². The highest BCUT2D eigenvalue weighted by atomic mass is 35.5. The second kappa shape index (κ2) is 7.28. The number of aromatic nitrogens is 5. The van der Waals surface area contributed by atoms with Crippen molar-refractivity contribution in [3.05, 3.63) is 44.9 Å². The zero-order valence-electron chi connectivity index (χ0n) is 15.3. The van der Waals surface area contributed by atoms with E-state index in [1.54, 1.807) is 6.33 Å². The molecule has 1 aliphatic heterocycles. The Bertz CT molecular complexity index is 1040. The van der Waals surface area contributed by atoms with E-state index in [0.717, 1.165) is 37.1 Å². The molecular formula is C18H21ClN6O2. The van der Waals surface area contributed by atoms with Gasteiger partial charge in [-0.05, 0) is 56.3 Å². The monoisotopic (exact) mass is 388 g/mol. The molecule has 3 aromatic rings. The minimum absolute atomic E-state index is 0.0928. The van der Waals surface area contributed by atoms with Gasteiger partial charge in [0, 0.05) is 24.4 Å². The summed E-state index contributed by atoms with van der Waals surface area (Å²) in [5, 5.41) is 3.31. The van der Waals surface area contributed by atoms with Crippen molar-refractivity contribution < 1.29 is 4.74 Å².